The second-order valence-electron chi connectivity index (χ2n) is 6.51. The van der Waals surface area contributed by atoms with E-state index in [1.54, 1.807) is 17.5 Å². The van der Waals surface area contributed by atoms with Crippen LogP contribution in [0.2, 0.25) is 0 Å². The average Bonchev–Trinajstić information content (AvgIpc) is 3.23. The molecule has 4 rings (SSSR count). The molecule has 134 valence electrons. The highest BCUT2D eigenvalue weighted by molar-refractivity contribution is 7.07. The molecule has 5 nitrogen and oxygen atoms in total. The number of morpholine rings is 1. The third-order valence-corrected chi connectivity index (χ3v) is 5.22. The van der Waals surface area contributed by atoms with E-state index in [4.69, 9.17) is 9.72 Å². The fourth-order valence-corrected chi connectivity index (χ4v) is 3.92. The number of hydrogen-bond donors (Lipinski definition) is 0. The molecule has 1 aliphatic heterocycles. The number of pyridine rings is 1. The van der Waals surface area contributed by atoms with Crippen molar-refractivity contribution in [2.45, 2.75) is 32.5 Å². The van der Waals surface area contributed by atoms with E-state index in [2.05, 4.69) is 51.6 Å². The van der Waals surface area contributed by atoms with Crippen molar-refractivity contribution < 1.29 is 4.74 Å². The Bertz CT molecular complexity index is 854. The van der Waals surface area contributed by atoms with Gasteiger partial charge in [-0.05, 0) is 47.9 Å². The molecule has 4 heterocycles. The minimum Gasteiger partial charge on any atom is -0.367 e. The number of nitrogens with zero attached hydrogens (tertiary/aromatic N) is 4. The summed E-state index contributed by atoms with van der Waals surface area (Å²) in [6.07, 6.45) is 2.86. The van der Waals surface area contributed by atoms with Gasteiger partial charge in [0.2, 0.25) is 0 Å². The lowest BCUT2D eigenvalue weighted by Gasteiger charge is -2.37. The number of hydrogen-bond acceptors (Lipinski definition) is 6. The molecular weight excluding hydrogens is 344 g/mol. The third-order valence-electron chi connectivity index (χ3n) is 4.52. The number of aryl methyl sites for hydroxylation is 1. The predicted octanol–water partition coefficient (Wildman–Crippen LogP) is 4.13. The summed E-state index contributed by atoms with van der Waals surface area (Å²) >= 11 is 1.70. The fraction of sp³-hybridized carbons (Fsp3) is 0.350. The van der Waals surface area contributed by atoms with Crippen molar-refractivity contribution in [2.24, 2.45) is 0 Å². The molecule has 26 heavy (non-hydrogen) atoms. The smallest absolute Gasteiger partial charge is 0.180 e. The van der Waals surface area contributed by atoms with E-state index < -0.39 is 0 Å². The Labute approximate surface area is 157 Å². The summed E-state index contributed by atoms with van der Waals surface area (Å²) in [4.78, 5) is 16.2. The van der Waals surface area contributed by atoms with E-state index in [0.717, 1.165) is 36.7 Å². The molecule has 3 aromatic rings. The topological polar surface area (TPSA) is 51.1 Å². The summed E-state index contributed by atoms with van der Waals surface area (Å²) in [5, 5.41) is 4.26. The Morgan fingerprint density at radius 2 is 2.15 bits per heavy atom. The normalized spacial score (nSPS) is 20.3. The van der Waals surface area contributed by atoms with E-state index in [1.807, 2.05) is 18.2 Å². The number of thiophene rings is 1. The summed E-state index contributed by atoms with van der Waals surface area (Å²) < 4.78 is 6.16. The lowest BCUT2D eigenvalue weighted by Crippen LogP contribution is -2.43. The van der Waals surface area contributed by atoms with Crippen molar-refractivity contribution in [3.63, 3.8) is 0 Å². The van der Waals surface area contributed by atoms with Crippen LogP contribution in [0.1, 0.15) is 31.2 Å². The zero-order valence-corrected chi connectivity index (χ0v) is 15.8. The Hall–Kier alpha value is -2.31. The second kappa shape index (κ2) is 7.51. The molecule has 1 saturated heterocycles. The molecule has 2 unspecified atom stereocenters. The van der Waals surface area contributed by atoms with Gasteiger partial charge >= 0.3 is 0 Å². The predicted molar refractivity (Wildman–Crippen MR) is 104 cm³/mol. The van der Waals surface area contributed by atoms with Gasteiger partial charge in [-0.25, -0.2) is 9.97 Å². The first-order valence-corrected chi connectivity index (χ1v) is 9.89. The summed E-state index contributed by atoms with van der Waals surface area (Å²) in [6, 6.07) is 10.1. The van der Waals surface area contributed by atoms with Gasteiger partial charge in [0.15, 0.2) is 5.82 Å². The van der Waals surface area contributed by atoms with Crippen molar-refractivity contribution in [1.82, 2.24) is 15.0 Å². The average molecular weight is 366 g/mol. The molecule has 0 spiro atoms. The molecule has 0 radical (unpaired) electrons. The van der Waals surface area contributed by atoms with E-state index in [-0.39, 0.29) is 12.2 Å². The largest absolute Gasteiger partial charge is 0.367 e. The van der Waals surface area contributed by atoms with Crippen LogP contribution in [-0.4, -0.2) is 34.1 Å². The first kappa shape index (κ1) is 17.1. The summed E-state index contributed by atoms with van der Waals surface area (Å²) in [5.41, 5.74) is 3.07. The molecule has 0 bridgehead atoms. The monoisotopic (exact) mass is 366 g/mol. The van der Waals surface area contributed by atoms with Crippen LogP contribution in [0.5, 0.6) is 0 Å². The zero-order valence-electron chi connectivity index (χ0n) is 15.0. The third kappa shape index (κ3) is 3.61. The van der Waals surface area contributed by atoms with Crippen molar-refractivity contribution in [3.05, 3.63) is 58.5 Å². The molecule has 1 aliphatic rings. The van der Waals surface area contributed by atoms with Crippen LogP contribution >= 0.6 is 11.3 Å². The van der Waals surface area contributed by atoms with Crippen molar-refractivity contribution >= 4 is 17.2 Å². The van der Waals surface area contributed by atoms with Gasteiger partial charge in [-0.3, -0.25) is 4.98 Å². The van der Waals surface area contributed by atoms with Crippen LogP contribution in [0.15, 0.2) is 47.3 Å². The maximum absolute atomic E-state index is 6.16. The maximum Gasteiger partial charge on any atom is 0.180 e. The molecule has 0 saturated carbocycles. The highest BCUT2D eigenvalue weighted by Gasteiger charge is 2.28. The highest BCUT2D eigenvalue weighted by atomic mass is 32.1. The van der Waals surface area contributed by atoms with Crippen LogP contribution in [0, 0.1) is 0 Å². The van der Waals surface area contributed by atoms with Gasteiger partial charge in [-0.15, -0.1) is 0 Å². The molecule has 0 N–H and O–H groups in total. The highest BCUT2D eigenvalue weighted by Crippen LogP contribution is 2.30. The van der Waals surface area contributed by atoms with Crippen LogP contribution < -0.4 is 4.90 Å². The van der Waals surface area contributed by atoms with Crippen molar-refractivity contribution in [2.75, 3.05) is 18.0 Å². The van der Waals surface area contributed by atoms with Crippen LogP contribution in [-0.2, 0) is 11.2 Å². The zero-order chi connectivity index (χ0) is 17.9. The van der Waals surface area contributed by atoms with Crippen molar-refractivity contribution in [3.8, 4) is 11.5 Å². The minimum absolute atomic E-state index is 0.0725. The fourth-order valence-electron chi connectivity index (χ4n) is 3.22. The molecule has 3 aromatic heterocycles. The Morgan fingerprint density at radius 1 is 1.23 bits per heavy atom. The van der Waals surface area contributed by atoms with E-state index in [0.29, 0.717) is 5.82 Å². The van der Waals surface area contributed by atoms with Gasteiger partial charge in [-0.1, -0.05) is 13.0 Å². The van der Waals surface area contributed by atoms with Gasteiger partial charge in [0.25, 0.3) is 0 Å². The Kier molecular flexibility index (Phi) is 4.95. The SMILES string of the molecule is CCc1cc(N2CC(C)OC(c3ccsc3)C2)nc(-c2ccccn2)n1. The molecule has 0 aromatic carbocycles. The van der Waals surface area contributed by atoms with Crippen LogP contribution in [0.3, 0.4) is 0 Å². The van der Waals surface area contributed by atoms with Gasteiger partial charge in [0.05, 0.1) is 6.10 Å². The van der Waals surface area contributed by atoms with E-state index >= 15 is 0 Å². The molecular formula is C20H22N4OS. The molecule has 0 amide bonds. The summed E-state index contributed by atoms with van der Waals surface area (Å²) in [7, 11) is 0. The van der Waals surface area contributed by atoms with Gasteiger partial charge in [0, 0.05) is 31.0 Å². The van der Waals surface area contributed by atoms with Gasteiger partial charge in [0.1, 0.15) is 17.6 Å². The molecule has 0 aliphatic carbocycles. The number of aromatic nitrogens is 3. The summed E-state index contributed by atoms with van der Waals surface area (Å²) in [5.74, 6) is 1.64. The Balaban J connectivity index is 1.67. The number of rotatable bonds is 4. The van der Waals surface area contributed by atoms with Crippen LogP contribution in [0.4, 0.5) is 5.82 Å². The lowest BCUT2D eigenvalue weighted by molar-refractivity contribution is -0.0174. The number of ether oxygens (including phenoxy) is 1. The van der Waals surface area contributed by atoms with Crippen molar-refractivity contribution in [1.29, 1.82) is 0 Å². The second-order valence-corrected chi connectivity index (χ2v) is 7.29. The number of anilines is 1. The van der Waals surface area contributed by atoms with E-state index in [1.165, 1.54) is 5.56 Å². The maximum atomic E-state index is 6.16. The van der Waals surface area contributed by atoms with Gasteiger partial charge in [-0.2, -0.15) is 11.3 Å². The van der Waals surface area contributed by atoms with E-state index in [9.17, 15) is 0 Å². The standard InChI is InChI=1S/C20H22N4OS/c1-3-16-10-19(23-20(22-16)17-6-4-5-8-21-17)24-11-14(2)25-18(12-24)15-7-9-26-13-15/h4-10,13-14,18H,3,11-12H2,1-2H3. The van der Waals surface area contributed by atoms with Crippen LogP contribution in [0.25, 0.3) is 11.5 Å². The minimum atomic E-state index is 0.0725. The summed E-state index contributed by atoms with van der Waals surface area (Å²) in [6.45, 7) is 5.85. The Morgan fingerprint density at radius 3 is 2.88 bits per heavy atom. The first-order chi connectivity index (χ1) is 12.7. The van der Waals surface area contributed by atoms with Gasteiger partial charge < -0.3 is 9.64 Å². The lowest BCUT2D eigenvalue weighted by atomic mass is 10.1. The molecule has 1 fully saturated rings. The quantitative estimate of drug-likeness (QED) is 0.695. The first-order valence-electron chi connectivity index (χ1n) is 8.94. The molecule has 2 atom stereocenters. The molecule has 6 heteroatoms.